The monoisotopic (exact) mass is 431 g/mol. The molecule has 2 fully saturated rings. The molecule has 2 unspecified atom stereocenters. The van der Waals surface area contributed by atoms with Crippen molar-refractivity contribution < 1.29 is 17.9 Å². The molecule has 1 heterocycles. The molecule has 1 saturated carbocycles. The zero-order chi connectivity index (χ0) is 19.9. The van der Waals surface area contributed by atoms with Gasteiger partial charge in [0.25, 0.3) is 0 Å². The summed E-state index contributed by atoms with van der Waals surface area (Å²) in [6.07, 6.45) is 0.464. The number of piperazine rings is 1. The van der Waals surface area contributed by atoms with Gasteiger partial charge in [0.1, 0.15) is 5.54 Å². The molecule has 3 rings (SSSR count). The van der Waals surface area contributed by atoms with E-state index in [0.717, 1.165) is 0 Å². The summed E-state index contributed by atoms with van der Waals surface area (Å²) in [6.45, 7) is 7.69. The summed E-state index contributed by atoms with van der Waals surface area (Å²) in [4.78, 5) is 15.0. The number of carbonyl (C=O) groups excluding carboxylic acids is 1. The number of sulfonamides is 1. The first kappa shape index (κ1) is 23.1. The molecule has 1 aromatic carbocycles. The highest BCUT2D eigenvalue weighted by atomic mass is 35.5. The second-order valence-electron chi connectivity index (χ2n) is 7.85. The number of nitrogens with two attached hydrogens (primary N) is 1. The van der Waals surface area contributed by atoms with E-state index in [2.05, 4.69) is 0 Å². The van der Waals surface area contributed by atoms with Crippen molar-refractivity contribution >= 4 is 28.3 Å². The number of ether oxygens (including phenoxy) is 1. The van der Waals surface area contributed by atoms with Gasteiger partial charge in [-0.05, 0) is 19.1 Å². The number of nitrogens with zero attached hydrogens (tertiary/aromatic N) is 2. The Morgan fingerprint density at radius 1 is 1.18 bits per heavy atom. The standard InChI is InChI=1S/C19H29N3O4S.ClH/c1-4-26-16-14-19(20,18(16,2)3)17(23)21-10-12-22(13-11-21)27(24,25)15-8-6-5-7-9-15;/h5-9,16H,4,10-14,20H2,1-3H3;1H. The van der Waals surface area contributed by atoms with Crippen molar-refractivity contribution in [2.45, 2.75) is 43.7 Å². The first-order valence-electron chi connectivity index (χ1n) is 9.39. The van der Waals surface area contributed by atoms with E-state index in [1.165, 1.54) is 4.31 Å². The Labute approximate surface area is 173 Å². The van der Waals surface area contributed by atoms with Crippen LogP contribution in [0.4, 0.5) is 0 Å². The molecule has 2 aliphatic rings. The maximum Gasteiger partial charge on any atom is 0.243 e. The Morgan fingerprint density at radius 3 is 2.25 bits per heavy atom. The smallest absolute Gasteiger partial charge is 0.243 e. The number of rotatable bonds is 5. The highest BCUT2D eigenvalue weighted by Gasteiger charge is 2.63. The van der Waals surface area contributed by atoms with Gasteiger partial charge >= 0.3 is 0 Å². The number of carbonyl (C=O) groups is 1. The Morgan fingerprint density at radius 2 is 1.75 bits per heavy atom. The van der Waals surface area contributed by atoms with E-state index in [1.54, 1.807) is 35.2 Å². The maximum absolute atomic E-state index is 13.1. The van der Waals surface area contributed by atoms with Crippen LogP contribution in [0.5, 0.6) is 0 Å². The highest BCUT2D eigenvalue weighted by Crippen LogP contribution is 2.50. The van der Waals surface area contributed by atoms with Gasteiger partial charge in [0.05, 0.1) is 11.0 Å². The fraction of sp³-hybridized carbons (Fsp3) is 0.632. The molecule has 0 radical (unpaired) electrons. The van der Waals surface area contributed by atoms with Gasteiger partial charge < -0.3 is 15.4 Å². The number of hydrogen-bond donors (Lipinski definition) is 1. The third kappa shape index (κ3) is 3.68. The fourth-order valence-electron chi connectivity index (χ4n) is 3.95. The van der Waals surface area contributed by atoms with E-state index in [4.69, 9.17) is 10.5 Å². The van der Waals surface area contributed by atoms with Crippen molar-refractivity contribution in [1.29, 1.82) is 0 Å². The molecule has 1 amide bonds. The van der Waals surface area contributed by atoms with E-state index in [9.17, 15) is 13.2 Å². The van der Waals surface area contributed by atoms with Crippen LogP contribution in [-0.2, 0) is 19.6 Å². The predicted octanol–water partition coefficient (Wildman–Crippen LogP) is 1.47. The molecule has 2 N–H and O–H groups in total. The average Bonchev–Trinajstić information content (AvgIpc) is 2.68. The quantitative estimate of drug-likeness (QED) is 0.762. The summed E-state index contributed by atoms with van der Waals surface area (Å²) in [5.41, 5.74) is 5.07. The van der Waals surface area contributed by atoms with Crippen LogP contribution in [0.2, 0.25) is 0 Å². The van der Waals surface area contributed by atoms with Crippen LogP contribution in [0, 0.1) is 5.41 Å². The van der Waals surface area contributed by atoms with Crippen molar-refractivity contribution in [1.82, 2.24) is 9.21 Å². The molecule has 1 aliphatic carbocycles. The molecule has 7 nitrogen and oxygen atoms in total. The number of benzene rings is 1. The van der Waals surface area contributed by atoms with E-state index >= 15 is 0 Å². The SMILES string of the molecule is CCOC1CC(N)(C(=O)N2CCN(S(=O)(=O)c3ccccc3)CC2)C1(C)C.Cl. The maximum atomic E-state index is 13.1. The lowest BCUT2D eigenvalue weighted by molar-refractivity contribution is -0.180. The Bertz CT molecular complexity index is 795. The minimum Gasteiger partial charge on any atom is -0.378 e. The number of hydrogen-bond acceptors (Lipinski definition) is 5. The minimum absolute atomic E-state index is 0. The van der Waals surface area contributed by atoms with Gasteiger partial charge in [0.15, 0.2) is 0 Å². The second-order valence-corrected chi connectivity index (χ2v) is 9.79. The summed E-state index contributed by atoms with van der Waals surface area (Å²) in [7, 11) is -3.53. The third-order valence-corrected chi connectivity index (χ3v) is 8.03. The summed E-state index contributed by atoms with van der Waals surface area (Å²) in [5, 5.41) is 0. The normalized spacial score (nSPS) is 27.6. The van der Waals surface area contributed by atoms with Crippen LogP contribution in [0.25, 0.3) is 0 Å². The van der Waals surface area contributed by atoms with Gasteiger partial charge in [-0.3, -0.25) is 4.79 Å². The van der Waals surface area contributed by atoms with Crippen molar-refractivity contribution in [3.8, 4) is 0 Å². The average molecular weight is 432 g/mol. The lowest BCUT2D eigenvalue weighted by atomic mass is 9.54. The Hall–Kier alpha value is -1.19. The van der Waals surface area contributed by atoms with Gasteiger partial charge in [-0.2, -0.15) is 4.31 Å². The molecule has 0 aromatic heterocycles. The molecule has 1 saturated heterocycles. The zero-order valence-electron chi connectivity index (χ0n) is 16.6. The van der Waals surface area contributed by atoms with Crippen LogP contribution in [0.15, 0.2) is 35.2 Å². The molecular formula is C19H30ClN3O4S. The molecule has 0 spiro atoms. The molecule has 9 heteroatoms. The predicted molar refractivity (Wildman–Crippen MR) is 110 cm³/mol. The van der Waals surface area contributed by atoms with Gasteiger partial charge in [-0.1, -0.05) is 32.0 Å². The molecular weight excluding hydrogens is 402 g/mol. The molecule has 2 atom stereocenters. The first-order chi connectivity index (χ1) is 12.6. The summed E-state index contributed by atoms with van der Waals surface area (Å²) in [5.74, 6) is -0.111. The molecule has 0 bridgehead atoms. The molecule has 1 aliphatic heterocycles. The van der Waals surface area contributed by atoms with Gasteiger partial charge in [-0.25, -0.2) is 8.42 Å². The number of amides is 1. The van der Waals surface area contributed by atoms with E-state index in [0.29, 0.717) is 26.1 Å². The van der Waals surface area contributed by atoms with Crippen molar-refractivity contribution in [3.63, 3.8) is 0 Å². The zero-order valence-corrected chi connectivity index (χ0v) is 18.3. The first-order valence-corrected chi connectivity index (χ1v) is 10.8. The fourth-order valence-corrected chi connectivity index (χ4v) is 5.40. The van der Waals surface area contributed by atoms with Crippen molar-refractivity contribution in [3.05, 3.63) is 30.3 Å². The molecule has 158 valence electrons. The Balaban J connectivity index is 0.00000280. The molecule has 28 heavy (non-hydrogen) atoms. The summed E-state index contributed by atoms with van der Waals surface area (Å²) < 4.78 is 32.6. The van der Waals surface area contributed by atoms with E-state index in [-0.39, 0.29) is 42.4 Å². The van der Waals surface area contributed by atoms with Crippen molar-refractivity contribution in [2.24, 2.45) is 11.1 Å². The van der Waals surface area contributed by atoms with Gasteiger partial charge in [0, 0.05) is 44.6 Å². The second kappa shape index (κ2) is 8.28. The minimum atomic E-state index is -3.53. The topological polar surface area (TPSA) is 92.9 Å². The lowest BCUT2D eigenvalue weighted by Crippen LogP contribution is -2.76. The lowest BCUT2D eigenvalue weighted by Gasteiger charge is -2.59. The van der Waals surface area contributed by atoms with Gasteiger partial charge in [-0.15, -0.1) is 12.4 Å². The summed E-state index contributed by atoms with van der Waals surface area (Å²) >= 11 is 0. The third-order valence-electron chi connectivity index (χ3n) is 6.12. The van der Waals surface area contributed by atoms with Crippen LogP contribution in [0.1, 0.15) is 27.2 Å². The highest BCUT2D eigenvalue weighted by molar-refractivity contribution is 7.89. The molecule has 1 aromatic rings. The summed E-state index contributed by atoms with van der Waals surface area (Å²) in [6, 6.07) is 8.38. The van der Waals surface area contributed by atoms with Crippen LogP contribution >= 0.6 is 12.4 Å². The van der Waals surface area contributed by atoms with Gasteiger partial charge in [0.2, 0.25) is 15.9 Å². The van der Waals surface area contributed by atoms with Crippen LogP contribution < -0.4 is 5.73 Å². The van der Waals surface area contributed by atoms with Crippen molar-refractivity contribution in [2.75, 3.05) is 32.8 Å². The largest absolute Gasteiger partial charge is 0.378 e. The Kier molecular flexibility index (Phi) is 6.83. The number of halogens is 1. The van der Waals surface area contributed by atoms with E-state index < -0.39 is 21.0 Å². The van der Waals surface area contributed by atoms with E-state index in [1.807, 2.05) is 20.8 Å². The van der Waals surface area contributed by atoms with Crippen LogP contribution in [0.3, 0.4) is 0 Å². The van der Waals surface area contributed by atoms with Crippen LogP contribution in [-0.4, -0.2) is 68.0 Å².